The second kappa shape index (κ2) is 6.07. The summed E-state index contributed by atoms with van der Waals surface area (Å²) in [5.74, 6) is -0.0413. The molecule has 0 saturated carbocycles. The minimum atomic E-state index is -0.458. The summed E-state index contributed by atoms with van der Waals surface area (Å²) in [5, 5.41) is 0. The molecule has 0 unspecified atom stereocenters. The van der Waals surface area contributed by atoms with Crippen LogP contribution in [-0.4, -0.2) is 11.6 Å². The Hall–Kier alpha value is -2.91. The lowest BCUT2D eigenvalue weighted by atomic mass is 9.80. The van der Waals surface area contributed by atoms with Crippen molar-refractivity contribution < 1.29 is 9.59 Å². The van der Waals surface area contributed by atoms with Crippen LogP contribution in [0.3, 0.4) is 0 Å². The number of Topliss-reactive ketones (excluding diaryl/α,β-unsaturated/α-hetero) is 2. The lowest BCUT2D eigenvalue weighted by molar-refractivity contribution is 0.0979. The number of fused-ring (bicyclic) bond motifs is 1. The van der Waals surface area contributed by atoms with Crippen LogP contribution in [0.1, 0.15) is 38.3 Å². The second-order valence-electron chi connectivity index (χ2n) is 6.85. The summed E-state index contributed by atoms with van der Waals surface area (Å²) < 4.78 is -0.458. The summed E-state index contributed by atoms with van der Waals surface area (Å²) in [6.07, 6.45) is 0.528. The maximum atomic E-state index is 13.2. The van der Waals surface area contributed by atoms with Gasteiger partial charge in [0.1, 0.15) is 0 Å². The fourth-order valence-corrected chi connectivity index (χ4v) is 5.60. The van der Waals surface area contributed by atoms with Crippen molar-refractivity contribution in [1.29, 1.82) is 0 Å². The van der Waals surface area contributed by atoms with E-state index in [-0.39, 0.29) is 11.6 Å². The second-order valence-corrected chi connectivity index (χ2v) is 8.16. The zero-order chi connectivity index (χ0) is 18.4. The van der Waals surface area contributed by atoms with Gasteiger partial charge < -0.3 is 0 Å². The molecular formula is C24H16O2S. The van der Waals surface area contributed by atoms with Crippen molar-refractivity contribution in [2.24, 2.45) is 0 Å². The van der Waals surface area contributed by atoms with Crippen LogP contribution in [0.5, 0.6) is 0 Å². The first-order valence-corrected chi connectivity index (χ1v) is 9.74. The Morgan fingerprint density at radius 3 is 1.67 bits per heavy atom. The van der Waals surface area contributed by atoms with E-state index < -0.39 is 4.75 Å². The van der Waals surface area contributed by atoms with Gasteiger partial charge in [-0.3, -0.25) is 9.59 Å². The number of hydrogen-bond acceptors (Lipinski definition) is 3. The van der Waals surface area contributed by atoms with Crippen LogP contribution in [0.4, 0.5) is 0 Å². The molecule has 0 bridgehead atoms. The average Bonchev–Trinajstić information content (AvgIpc) is 3.16. The number of thioether (sulfide) groups is 1. The van der Waals surface area contributed by atoms with E-state index in [0.29, 0.717) is 28.0 Å². The van der Waals surface area contributed by atoms with E-state index in [1.165, 1.54) is 11.8 Å². The number of hydrogen-bond donors (Lipinski definition) is 0. The number of rotatable bonds is 2. The van der Waals surface area contributed by atoms with Crippen LogP contribution < -0.4 is 0 Å². The lowest BCUT2D eigenvalue weighted by Crippen LogP contribution is -2.22. The first-order chi connectivity index (χ1) is 13.2. The van der Waals surface area contributed by atoms with E-state index in [2.05, 4.69) is 24.3 Å². The molecule has 27 heavy (non-hydrogen) atoms. The zero-order valence-corrected chi connectivity index (χ0v) is 15.3. The van der Waals surface area contributed by atoms with E-state index in [4.69, 9.17) is 0 Å². The zero-order valence-electron chi connectivity index (χ0n) is 14.5. The van der Waals surface area contributed by atoms with E-state index in [9.17, 15) is 9.59 Å². The molecule has 0 N–H and O–H groups in total. The van der Waals surface area contributed by atoms with Gasteiger partial charge in [0.25, 0.3) is 0 Å². The molecule has 1 aliphatic heterocycles. The average molecular weight is 368 g/mol. The van der Waals surface area contributed by atoms with Crippen molar-refractivity contribution >= 4 is 23.3 Å². The molecule has 130 valence electrons. The van der Waals surface area contributed by atoms with Gasteiger partial charge in [0.05, 0.1) is 9.65 Å². The number of carbonyl (C=O) groups excluding carboxylic acids is 2. The number of ketones is 2. The van der Waals surface area contributed by atoms with Gasteiger partial charge in [-0.1, -0.05) is 84.9 Å². The molecule has 0 radical (unpaired) electrons. The predicted molar refractivity (Wildman–Crippen MR) is 108 cm³/mol. The molecule has 1 heterocycles. The summed E-state index contributed by atoms with van der Waals surface area (Å²) in [5.41, 5.74) is 3.92. The van der Waals surface area contributed by atoms with Gasteiger partial charge in [-0.05, 0) is 11.1 Å². The predicted octanol–water partition coefficient (Wildman–Crippen LogP) is 5.40. The molecule has 3 aromatic carbocycles. The third-order valence-electron chi connectivity index (χ3n) is 5.35. The van der Waals surface area contributed by atoms with Crippen molar-refractivity contribution in [3.63, 3.8) is 0 Å². The maximum absolute atomic E-state index is 13.2. The third-order valence-corrected chi connectivity index (χ3v) is 6.95. The Labute approximate surface area is 161 Å². The lowest BCUT2D eigenvalue weighted by Gasteiger charge is -2.30. The van der Waals surface area contributed by atoms with Gasteiger partial charge in [0, 0.05) is 23.1 Å². The Bertz CT molecular complexity index is 1010. The molecule has 0 amide bonds. The molecular weight excluding hydrogens is 352 g/mol. The molecule has 2 nitrogen and oxygen atoms in total. The van der Waals surface area contributed by atoms with Gasteiger partial charge in [-0.15, -0.1) is 11.8 Å². The Kier molecular flexibility index (Phi) is 3.66. The molecule has 2 aliphatic rings. The molecule has 0 fully saturated rings. The van der Waals surface area contributed by atoms with Crippen molar-refractivity contribution in [3.05, 3.63) is 118 Å². The SMILES string of the molecule is O=C1C2=C(SC(c3ccccc3)(c3ccccc3)C2)C(=O)c2ccccc21. The highest BCUT2D eigenvalue weighted by molar-refractivity contribution is 8.05. The largest absolute Gasteiger partial charge is 0.289 e. The molecule has 0 atom stereocenters. The minimum absolute atomic E-state index is 0.0126. The molecule has 3 aromatic rings. The van der Waals surface area contributed by atoms with Crippen LogP contribution in [0.25, 0.3) is 0 Å². The summed E-state index contributed by atoms with van der Waals surface area (Å²) in [6.45, 7) is 0. The van der Waals surface area contributed by atoms with E-state index in [0.717, 1.165) is 11.1 Å². The van der Waals surface area contributed by atoms with Crippen LogP contribution in [0.2, 0.25) is 0 Å². The number of allylic oxidation sites excluding steroid dienone is 2. The Morgan fingerprint density at radius 2 is 1.11 bits per heavy atom. The summed E-state index contributed by atoms with van der Waals surface area (Å²) in [7, 11) is 0. The van der Waals surface area contributed by atoms with Gasteiger partial charge in [0.2, 0.25) is 5.78 Å². The number of carbonyl (C=O) groups is 2. The van der Waals surface area contributed by atoms with Crippen LogP contribution in [-0.2, 0) is 4.75 Å². The standard InChI is InChI=1S/C24H16O2S/c25-21-18-13-7-8-14-19(18)22(26)23-20(21)15-24(27-23,16-9-3-1-4-10-16)17-11-5-2-6-12-17/h1-14H,15H2. The smallest absolute Gasteiger partial charge is 0.200 e. The minimum Gasteiger partial charge on any atom is -0.289 e. The van der Waals surface area contributed by atoms with Crippen LogP contribution in [0.15, 0.2) is 95.4 Å². The highest BCUT2D eigenvalue weighted by Crippen LogP contribution is 2.58. The van der Waals surface area contributed by atoms with Crippen LogP contribution >= 0.6 is 11.8 Å². The first-order valence-electron chi connectivity index (χ1n) is 8.92. The monoisotopic (exact) mass is 368 g/mol. The normalized spacial score (nSPS) is 17.6. The number of benzene rings is 3. The molecule has 0 aromatic heterocycles. The summed E-state index contributed by atoms with van der Waals surface area (Å²) in [6, 6.07) is 27.5. The van der Waals surface area contributed by atoms with Crippen molar-refractivity contribution in [2.75, 3.05) is 0 Å². The maximum Gasteiger partial charge on any atom is 0.200 e. The fraction of sp³-hybridized carbons (Fsp3) is 0.0833. The highest BCUT2D eigenvalue weighted by Gasteiger charge is 2.48. The van der Waals surface area contributed by atoms with Crippen LogP contribution in [0, 0.1) is 0 Å². The topological polar surface area (TPSA) is 34.1 Å². The Morgan fingerprint density at radius 1 is 0.630 bits per heavy atom. The third kappa shape index (κ3) is 2.35. The Balaban J connectivity index is 1.69. The quantitative estimate of drug-likeness (QED) is 0.607. The van der Waals surface area contributed by atoms with Gasteiger partial charge in [-0.2, -0.15) is 0 Å². The molecule has 3 heteroatoms. The van der Waals surface area contributed by atoms with Crippen molar-refractivity contribution in [1.82, 2.24) is 0 Å². The molecule has 0 saturated heterocycles. The van der Waals surface area contributed by atoms with Crippen molar-refractivity contribution in [3.8, 4) is 0 Å². The first kappa shape index (κ1) is 16.3. The van der Waals surface area contributed by atoms with E-state index in [1.54, 1.807) is 12.1 Å². The summed E-state index contributed by atoms with van der Waals surface area (Å²) >= 11 is 1.53. The van der Waals surface area contributed by atoms with E-state index >= 15 is 0 Å². The van der Waals surface area contributed by atoms with Gasteiger partial charge >= 0.3 is 0 Å². The fourth-order valence-electron chi connectivity index (χ4n) is 4.04. The molecule has 5 rings (SSSR count). The van der Waals surface area contributed by atoms with Gasteiger partial charge in [0.15, 0.2) is 5.78 Å². The van der Waals surface area contributed by atoms with E-state index in [1.807, 2.05) is 48.5 Å². The van der Waals surface area contributed by atoms with Gasteiger partial charge in [-0.25, -0.2) is 0 Å². The molecule has 0 spiro atoms. The molecule has 1 aliphatic carbocycles. The van der Waals surface area contributed by atoms with Crippen molar-refractivity contribution in [2.45, 2.75) is 11.2 Å². The summed E-state index contributed by atoms with van der Waals surface area (Å²) in [4.78, 5) is 26.9. The highest BCUT2D eigenvalue weighted by atomic mass is 32.2.